The number of carbonyl (C=O) groups excluding carboxylic acids is 2. The van der Waals surface area contributed by atoms with Crippen LogP contribution >= 0.6 is 0 Å². The summed E-state index contributed by atoms with van der Waals surface area (Å²) >= 11 is 0. The molecular formula is C27H37N3O6S. The molecule has 0 aromatic heterocycles. The summed E-state index contributed by atoms with van der Waals surface area (Å²) < 4.78 is 37.0. The van der Waals surface area contributed by atoms with E-state index in [0.717, 1.165) is 48.2 Å². The van der Waals surface area contributed by atoms with E-state index in [2.05, 4.69) is 5.32 Å². The smallest absolute Gasteiger partial charge is 0.244 e. The molecule has 2 aromatic rings. The van der Waals surface area contributed by atoms with Crippen molar-refractivity contribution in [2.24, 2.45) is 0 Å². The molecule has 0 radical (unpaired) electrons. The first-order valence-corrected chi connectivity index (χ1v) is 14.3. The van der Waals surface area contributed by atoms with E-state index in [1.54, 1.807) is 50.4 Å². The average molecular weight is 532 g/mol. The first kappa shape index (κ1) is 28.3. The summed E-state index contributed by atoms with van der Waals surface area (Å²) in [5.74, 6) is 0.336. The number of nitrogens with zero attached hydrogens (tertiary/aromatic N) is 2. The Morgan fingerprint density at radius 1 is 1.00 bits per heavy atom. The van der Waals surface area contributed by atoms with Crippen LogP contribution in [0.25, 0.3) is 0 Å². The summed E-state index contributed by atoms with van der Waals surface area (Å²) in [6.07, 6.45) is 6.17. The molecule has 202 valence electrons. The number of sulfonamides is 1. The van der Waals surface area contributed by atoms with Gasteiger partial charge in [-0.3, -0.25) is 13.9 Å². The third-order valence-corrected chi connectivity index (χ3v) is 7.77. The Labute approximate surface area is 219 Å². The number of methoxy groups -OCH3 is 2. The highest BCUT2D eigenvalue weighted by Crippen LogP contribution is 2.24. The van der Waals surface area contributed by atoms with Gasteiger partial charge in [0.25, 0.3) is 0 Å². The Hall–Kier alpha value is -3.27. The zero-order valence-corrected chi connectivity index (χ0v) is 22.8. The van der Waals surface area contributed by atoms with Crippen LogP contribution in [0.1, 0.15) is 44.6 Å². The molecule has 3 rings (SSSR count). The van der Waals surface area contributed by atoms with E-state index in [0.29, 0.717) is 17.2 Å². The fourth-order valence-corrected chi connectivity index (χ4v) is 5.34. The SMILES string of the molecule is COc1cccc(CN(C(=O)CN(c2cccc(OC)c2)S(C)(=O)=O)[C@H](C)C(=O)NC2CCCCC2)c1. The van der Waals surface area contributed by atoms with Crippen molar-refractivity contribution < 1.29 is 27.5 Å². The Kier molecular flexibility index (Phi) is 9.79. The van der Waals surface area contributed by atoms with Crippen LogP contribution in [0.3, 0.4) is 0 Å². The number of hydrogen-bond donors (Lipinski definition) is 1. The second-order valence-corrected chi connectivity index (χ2v) is 11.3. The molecule has 0 aliphatic heterocycles. The van der Waals surface area contributed by atoms with Crippen LogP contribution in [0.5, 0.6) is 11.5 Å². The van der Waals surface area contributed by atoms with Gasteiger partial charge in [0.15, 0.2) is 0 Å². The van der Waals surface area contributed by atoms with E-state index < -0.39 is 28.5 Å². The summed E-state index contributed by atoms with van der Waals surface area (Å²) in [6, 6.07) is 13.0. The van der Waals surface area contributed by atoms with Gasteiger partial charge in [-0.15, -0.1) is 0 Å². The number of amides is 2. The van der Waals surface area contributed by atoms with Crippen molar-refractivity contribution in [3.05, 3.63) is 54.1 Å². The second kappa shape index (κ2) is 12.8. The highest BCUT2D eigenvalue weighted by atomic mass is 32.2. The number of ether oxygens (including phenoxy) is 2. The molecular weight excluding hydrogens is 494 g/mol. The maximum absolute atomic E-state index is 13.7. The van der Waals surface area contributed by atoms with Crippen molar-refractivity contribution in [3.8, 4) is 11.5 Å². The van der Waals surface area contributed by atoms with Crippen molar-refractivity contribution in [1.29, 1.82) is 0 Å². The maximum atomic E-state index is 13.7. The van der Waals surface area contributed by atoms with Gasteiger partial charge in [-0.05, 0) is 49.6 Å². The first-order chi connectivity index (χ1) is 17.6. The molecule has 1 fully saturated rings. The minimum absolute atomic E-state index is 0.0850. The van der Waals surface area contributed by atoms with Crippen LogP contribution in [0.2, 0.25) is 0 Å². The van der Waals surface area contributed by atoms with Crippen LogP contribution in [-0.4, -0.2) is 64.2 Å². The van der Waals surface area contributed by atoms with E-state index in [1.807, 2.05) is 12.1 Å². The molecule has 0 unspecified atom stereocenters. The van der Waals surface area contributed by atoms with Crippen LogP contribution < -0.4 is 19.1 Å². The number of anilines is 1. The lowest BCUT2D eigenvalue weighted by Gasteiger charge is -2.33. The zero-order chi connectivity index (χ0) is 27.0. The molecule has 10 heteroatoms. The fraction of sp³-hybridized carbons (Fsp3) is 0.481. The molecule has 1 aliphatic rings. The van der Waals surface area contributed by atoms with E-state index in [9.17, 15) is 18.0 Å². The summed E-state index contributed by atoms with van der Waals surface area (Å²) in [5.41, 5.74) is 1.06. The summed E-state index contributed by atoms with van der Waals surface area (Å²) in [7, 11) is -0.774. The maximum Gasteiger partial charge on any atom is 0.244 e. The van der Waals surface area contributed by atoms with Crippen LogP contribution in [0.4, 0.5) is 5.69 Å². The molecule has 0 saturated heterocycles. The molecule has 1 atom stereocenters. The van der Waals surface area contributed by atoms with Gasteiger partial charge in [0.05, 0.1) is 26.2 Å². The number of benzene rings is 2. The van der Waals surface area contributed by atoms with Gasteiger partial charge in [0.1, 0.15) is 24.1 Å². The largest absolute Gasteiger partial charge is 0.497 e. The average Bonchev–Trinajstić information content (AvgIpc) is 2.89. The predicted molar refractivity (Wildman–Crippen MR) is 143 cm³/mol. The van der Waals surface area contributed by atoms with Gasteiger partial charge in [0.2, 0.25) is 21.8 Å². The Bertz CT molecular complexity index is 1180. The molecule has 0 bridgehead atoms. The summed E-state index contributed by atoms with van der Waals surface area (Å²) in [4.78, 5) is 28.4. The molecule has 9 nitrogen and oxygen atoms in total. The molecule has 1 aliphatic carbocycles. The summed E-state index contributed by atoms with van der Waals surface area (Å²) in [5, 5.41) is 3.09. The zero-order valence-electron chi connectivity index (χ0n) is 22.0. The van der Waals surface area contributed by atoms with Crippen molar-refractivity contribution in [3.63, 3.8) is 0 Å². The van der Waals surface area contributed by atoms with Gasteiger partial charge >= 0.3 is 0 Å². The van der Waals surface area contributed by atoms with Crippen molar-refractivity contribution in [1.82, 2.24) is 10.2 Å². The van der Waals surface area contributed by atoms with Gasteiger partial charge in [-0.2, -0.15) is 0 Å². The van der Waals surface area contributed by atoms with Gasteiger partial charge in [-0.1, -0.05) is 37.5 Å². The monoisotopic (exact) mass is 531 g/mol. The predicted octanol–water partition coefficient (Wildman–Crippen LogP) is 3.34. The second-order valence-electron chi connectivity index (χ2n) is 9.36. The van der Waals surface area contributed by atoms with Crippen molar-refractivity contribution in [2.75, 3.05) is 31.3 Å². The quantitative estimate of drug-likeness (QED) is 0.477. The highest BCUT2D eigenvalue weighted by molar-refractivity contribution is 7.92. The van der Waals surface area contributed by atoms with Crippen LogP contribution in [0.15, 0.2) is 48.5 Å². The van der Waals surface area contributed by atoms with E-state index >= 15 is 0 Å². The van der Waals surface area contributed by atoms with Crippen molar-refractivity contribution >= 4 is 27.5 Å². The number of carbonyl (C=O) groups is 2. The lowest BCUT2D eigenvalue weighted by molar-refractivity contribution is -0.139. The third kappa shape index (κ3) is 7.85. The fourth-order valence-electron chi connectivity index (χ4n) is 4.50. The molecule has 2 aromatic carbocycles. The molecule has 0 heterocycles. The normalized spacial score (nSPS) is 14.9. The first-order valence-electron chi connectivity index (χ1n) is 12.5. The number of hydrogen-bond acceptors (Lipinski definition) is 6. The third-order valence-electron chi connectivity index (χ3n) is 6.63. The van der Waals surface area contributed by atoms with Crippen molar-refractivity contribution in [2.45, 2.75) is 57.7 Å². The minimum Gasteiger partial charge on any atom is -0.497 e. The lowest BCUT2D eigenvalue weighted by atomic mass is 9.95. The van der Waals surface area contributed by atoms with Gasteiger partial charge in [-0.25, -0.2) is 8.42 Å². The summed E-state index contributed by atoms with van der Waals surface area (Å²) in [6.45, 7) is 1.33. The molecule has 2 amide bonds. The van der Waals surface area contributed by atoms with Crippen LogP contribution in [-0.2, 0) is 26.2 Å². The van der Waals surface area contributed by atoms with Gasteiger partial charge in [0, 0.05) is 18.7 Å². The van der Waals surface area contributed by atoms with Gasteiger partial charge < -0.3 is 19.7 Å². The van der Waals surface area contributed by atoms with E-state index in [4.69, 9.17) is 9.47 Å². The topological polar surface area (TPSA) is 105 Å². The molecule has 1 N–H and O–H groups in total. The molecule has 1 saturated carbocycles. The Morgan fingerprint density at radius 3 is 2.24 bits per heavy atom. The standard InChI is InChI=1S/C27H37N3O6S/c1-20(27(32)28-22-11-6-5-7-12-22)29(18-21-10-8-14-24(16-21)35-2)26(31)19-30(37(4,33)34)23-13-9-15-25(17-23)36-3/h8-10,13-17,20,22H,5-7,11-12,18-19H2,1-4H3,(H,28,32)/t20-/m1/s1. The van der Waals surface area contributed by atoms with Crippen LogP contribution in [0, 0.1) is 0 Å². The number of rotatable bonds is 11. The molecule has 37 heavy (non-hydrogen) atoms. The minimum atomic E-state index is -3.81. The van der Waals surface area contributed by atoms with E-state index in [-0.39, 0.29) is 18.5 Å². The molecule has 0 spiro atoms. The highest BCUT2D eigenvalue weighted by Gasteiger charge is 2.31. The lowest BCUT2D eigenvalue weighted by Crippen LogP contribution is -2.52. The van der Waals surface area contributed by atoms with E-state index in [1.165, 1.54) is 12.0 Å². The Morgan fingerprint density at radius 2 is 1.62 bits per heavy atom. The number of nitrogens with one attached hydrogen (secondary N) is 1. The Balaban J connectivity index is 1.89.